The Morgan fingerprint density at radius 1 is 0.393 bits per heavy atom. The zero-order chi connectivity index (χ0) is 40.3. The summed E-state index contributed by atoms with van der Waals surface area (Å²) in [6.45, 7) is 0. The van der Waals surface area contributed by atoms with Gasteiger partial charge >= 0.3 is 0 Å². The summed E-state index contributed by atoms with van der Waals surface area (Å²) in [5.74, 6) is 2.87. The molecule has 4 bridgehead atoms. The van der Waals surface area contributed by atoms with E-state index >= 15 is 0 Å². The standard InChI is InChI=1S/C58H48N2S/c1-2-9-43(10-3-1)48-11-8-12-53(36-48)59(50-27-19-45(20-28-50)44-17-25-49(26-18-44)58-37-40-33-41(38-58)35-42(34-40)39-58)51-29-21-46(22-30-51)47-23-31-52(32-24-47)60-54-13-4-6-15-56(54)61-57-16-7-5-14-55(57)60/h1-32,36,40-42H,33-35,37-39H2. The molecular formula is C58H48N2S. The molecule has 8 aromatic rings. The van der Waals surface area contributed by atoms with Crippen LogP contribution in [0, 0.1) is 17.8 Å². The summed E-state index contributed by atoms with van der Waals surface area (Å²) in [6.07, 6.45) is 8.68. The first kappa shape index (κ1) is 36.6. The first-order valence-corrected chi connectivity index (χ1v) is 23.0. The number of hydrogen-bond donors (Lipinski definition) is 0. The van der Waals surface area contributed by atoms with Crippen molar-refractivity contribution in [1.82, 2.24) is 0 Å². The summed E-state index contributed by atoms with van der Waals surface area (Å²) in [7, 11) is 0. The van der Waals surface area contributed by atoms with Gasteiger partial charge in [0.15, 0.2) is 0 Å². The molecule has 0 unspecified atom stereocenters. The van der Waals surface area contributed by atoms with Crippen LogP contribution in [0.25, 0.3) is 33.4 Å². The van der Waals surface area contributed by atoms with Crippen LogP contribution >= 0.6 is 11.8 Å². The van der Waals surface area contributed by atoms with Crippen molar-refractivity contribution in [1.29, 1.82) is 0 Å². The number of anilines is 6. The topological polar surface area (TPSA) is 6.48 Å². The quantitative estimate of drug-likeness (QED) is 0.151. The molecule has 61 heavy (non-hydrogen) atoms. The lowest BCUT2D eigenvalue weighted by Gasteiger charge is -2.57. The molecular weight excluding hydrogens is 757 g/mol. The molecule has 0 spiro atoms. The first-order chi connectivity index (χ1) is 30.1. The number of para-hydroxylation sites is 2. The number of hydrogen-bond acceptors (Lipinski definition) is 3. The normalized spacial score (nSPS) is 20.9. The summed E-state index contributed by atoms with van der Waals surface area (Å²) in [5.41, 5.74) is 16.4. The molecule has 4 saturated carbocycles. The van der Waals surface area contributed by atoms with E-state index in [-0.39, 0.29) is 0 Å². The van der Waals surface area contributed by atoms with Crippen molar-refractivity contribution in [2.45, 2.75) is 53.7 Å². The van der Waals surface area contributed by atoms with Crippen LogP contribution < -0.4 is 9.80 Å². The Hall–Kier alpha value is -6.29. The summed E-state index contributed by atoms with van der Waals surface area (Å²) in [4.78, 5) is 7.33. The molecule has 4 aliphatic carbocycles. The van der Waals surface area contributed by atoms with Crippen molar-refractivity contribution >= 4 is 45.9 Å². The lowest BCUT2D eigenvalue weighted by Crippen LogP contribution is -2.48. The van der Waals surface area contributed by atoms with E-state index in [2.05, 4.69) is 210 Å². The predicted octanol–water partition coefficient (Wildman–Crippen LogP) is 16.6. The molecule has 1 heterocycles. The highest BCUT2D eigenvalue weighted by Gasteiger charge is 2.51. The Morgan fingerprint density at radius 2 is 0.836 bits per heavy atom. The molecule has 0 N–H and O–H groups in total. The van der Waals surface area contributed by atoms with Crippen molar-refractivity contribution in [3.63, 3.8) is 0 Å². The Balaban J connectivity index is 0.848. The Morgan fingerprint density at radius 3 is 1.38 bits per heavy atom. The van der Waals surface area contributed by atoms with Gasteiger partial charge in [-0.3, -0.25) is 0 Å². The minimum Gasteiger partial charge on any atom is -0.310 e. The molecule has 5 aliphatic rings. The van der Waals surface area contributed by atoms with E-state index in [1.165, 1.54) is 93.1 Å². The van der Waals surface area contributed by atoms with E-state index in [4.69, 9.17) is 0 Å². The molecule has 3 heteroatoms. The lowest BCUT2D eigenvalue weighted by atomic mass is 9.48. The van der Waals surface area contributed by atoms with Crippen LogP contribution in [-0.2, 0) is 5.41 Å². The highest BCUT2D eigenvalue weighted by Crippen LogP contribution is 2.61. The molecule has 0 radical (unpaired) electrons. The molecule has 4 fully saturated rings. The van der Waals surface area contributed by atoms with Gasteiger partial charge in [-0.05, 0) is 173 Å². The minimum absolute atomic E-state index is 0.428. The zero-order valence-electron chi connectivity index (χ0n) is 34.3. The second-order valence-corrected chi connectivity index (χ2v) is 19.1. The average Bonchev–Trinajstić information content (AvgIpc) is 3.31. The van der Waals surface area contributed by atoms with Gasteiger partial charge in [0.2, 0.25) is 0 Å². The van der Waals surface area contributed by atoms with Crippen LogP contribution in [0.3, 0.4) is 0 Å². The smallest absolute Gasteiger partial charge is 0.0601 e. The van der Waals surface area contributed by atoms with Crippen LogP contribution in [0.2, 0.25) is 0 Å². The highest BCUT2D eigenvalue weighted by molar-refractivity contribution is 7.99. The summed E-state index contributed by atoms with van der Waals surface area (Å²) < 4.78 is 0. The second kappa shape index (κ2) is 15.0. The predicted molar refractivity (Wildman–Crippen MR) is 256 cm³/mol. The van der Waals surface area contributed by atoms with E-state index in [1.807, 2.05) is 11.8 Å². The fourth-order valence-electron chi connectivity index (χ4n) is 11.8. The highest BCUT2D eigenvalue weighted by atomic mass is 32.2. The van der Waals surface area contributed by atoms with E-state index in [9.17, 15) is 0 Å². The van der Waals surface area contributed by atoms with Gasteiger partial charge in [-0.25, -0.2) is 0 Å². The molecule has 8 aromatic carbocycles. The molecule has 0 amide bonds. The molecule has 0 atom stereocenters. The van der Waals surface area contributed by atoms with Crippen molar-refractivity contribution in [3.8, 4) is 33.4 Å². The van der Waals surface area contributed by atoms with Gasteiger partial charge in [-0.1, -0.05) is 139 Å². The van der Waals surface area contributed by atoms with Crippen molar-refractivity contribution in [2.75, 3.05) is 9.80 Å². The van der Waals surface area contributed by atoms with Crippen LogP contribution in [0.1, 0.15) is 44.1 Å². The van der Waals surface area contributed by atoms with Gasteiger partial charge in [-0.2, -0.15) is 0 Å². The minimum atomic E-state index is 0.428. The van der Waals surface area contributed by atoms with Crippen LogP contribution in [0.5, 0.6) is 0 Å². The van der Waals surface area contributed by atoms with E-state index < -0.39 is 0 Å². The lowest BCUT2D eigenvalue weighted by molar-refractivity contribution is -0.00518. The largest absolute Gasteiger partial charge is 0.310 e. The van der Waals surface area contributed by atoms with Crippen molar-refractivity contribution < 1.29 is 0 Å². The monoisotopic (exact) mass is 804 g/mol. The van der Waals surface area contributed by atoms with Gasteiger partial charge in [0, 0.05) is 32.5 Å². The number of rotatable bonds is 8. The van der Waals surface area contributed by atoms with Gasteiger partial charge in [0.05, 0.1) is 11.4 Å². The molecule has 13 rings (SSSR count). The van der Waals surface area contributed by atoms with Gasteiger partial charge < -0.3 is 9.80 Å². The average molecular weight is 805 g/mol. The number of fused-ring (bicyclic) bond motifs is 2. The van der Waals surface area contributed by atoms with Gasteiger partial charge in [0.25, 0.3) is 0 Å². The Bertz CT molecular complexity index is 2760. The maximum Gasteiger partial charge on any atom is 0.0601 e. The molecule has 0 saturated heterocycles. The Labute approximate surface area is 364 Å². The number of nitrogens with zero attached hydrogens (tertiary/aromatic N) is 2. The molecule has 0 aromatic heterocycles. The SMILES string of the molecule is c1ccc(-c2cccc(N(c3ccc(-c4ccc(N5c6ccccc6Sc6ccccc65)cc4)cc3)c3ccc(-c4ccc(C56CC7CC(CC(C7)C5)C6)cc4)cc3)c2)cc1. The van der Waals surface area contributed by atoms with Gasteiger partial charge in [0.1, 0.15) is 0 Å². The maximum absolute atomic E-state index is 2.47. The van der Waals surface area contributed by atoms with E-state index in [0.717, 1.165) is 40.5 Å². The summed E-state index contributed by atoms with van der Waals surface area (Å²) in [6, 6.07) is 74.0. The van der Waals surface area contributed by atoms with E-state index in [0.29, 0.717) is 5.41 Å². The third-order valence-electron chi connectivity index (χ3n) is 14.2. The molecule has 296 valence electrons. The first-order valence-electron chi connectivity index (χ1n) is 22.2. The van der Waals surface area contributed by atoms with Crippen LogP contribution in [-0.4, -0.2) is 0 Å². The fourth-order valence-corrected chi connectivity index (χ4v) is 12.8. The second-order valence-electron chi connectivity index (χ2n) is 18.0. The Kier molecular flexibility index (Phi) is 8.99. The van der Waals surface area contributed by atoms with Crippen molar-refractivity contribution in [3.05, 3.63) is 206 Å². The third-order valence-corrected chi connectivity index (χ3v) is 15.4. The molecule has 2 nitrogen and oxygen atoms in total. The van der Waals surface area contributed by atoms with Gasteiger partial charge in [-0.15, -0.1) is 0 Å². The zero-order valence-corrected chi connectivity index (χ0v) is 35.1. The third kappa shape index (κ3) is 6.67. The maximum atomic E-state index is 2.47. The summed E-state index contributed by atoms with van der Waals surface area (Å²) in [5, 5.41) is 0. The summed E-state index contributed by atoms with van der Waals surface area (Å²) >= 11 is 1.84. The van der Waals surface area contributed by atoms with E-state index in [1.54, 1.807) is 5.56 Å². The fraction of sp³-hybridized carbons (Fsp3) is 0.172. The molecule has 1 aliphatic heterocycles. The van der Waals surface area contributed by atoms with Crippen LogP contribution in [0.15, 0.2) is 210 Å². The van der Waals surface area contributed by atoms with Crippen LogP contribution in [0.4, 0.5) is 34.1 Å². The van der Waals surface area contributed by atoms with Crippen molar-refractivity contribution in [2.24, 2.45) is 17.8 Å². The number of benzene rings is 8.